The average Bonchev–Trinajstić information content (AvgIpc) is 2.88. The molecule has 0 saturated carbocycles. The first-order valence-corrected chi connectivity index (χ1v) is 10.8. The number of ether oxygens (including phenoxy) is 2. The van der Waals surface area contributed by atoms with Gasteiger partial charge in [0.15, 0.2) is 0 Å². The van der Waals surface area contributed by atoms with E-state index in [0.717, 1.165) is 16.9 Å². The molecule has 1 aliphatic rings. The highest BCUT2D eigenvalue weighted by atomic mass is 16.5. The number of carbonyl (C=O) groups excluding carboxylic acids is 2. The second-order valence-electron chi connectivity index (χ2n) is 7.60. The first-order chi connectivity index (χ1) is 16.2. The van der Waals surface area contributed by atoms with Crippen LogP contribution in [0.3, 0.4) is 0 Å². The van der Waals surface area contributed by atoms with Gasteiger partial charge in [0.2, 0.25) is 0 Å². The van der Waals surface area contributed by atoms with E-state index in [9.17, 15) is 9.59 Å². The van der Waals surface area contributed by atoms with Gasteiger partial charge in [0.1, 0.15) is 5.75 Å². The van der Waals surface area contributed by atoms with E-state index < -0.39 is 0 Å². The predicted octanol–water partition coefficient (Wildman–Crippen LogP) is 4.35. The summed E-state index contributed by atoms with van der Waals surface area (Å²) in [5.74, 6) is 0.335. The van der Waals surface area contributed by atoms with Gasteiger partial charge in [-0.2, -0.15) is 0 Å². The van der Waals surface area contributed by atoms with Crippen molar-refractivity contribution in [3.05, 3.63) is 95.6 Å². The van der Waals surface area contributed by atoms with Gasteiger partial charge in [0.25, 0.3) is 11.8 Å². The van der Waals surface area contributed by atoms with E-state index in [1.165, 1.54) is 0 Å². The lowest BCUT2D eigenvalue weighted by atomic mass is 10.0. The second kappa shape index (κ2) is 10.6. The van der Waals surface area contributed by atoms with Crippen LogP contribution in [0.5, 0.6) is 5.75 Å². The Morgan fingerprint density at radius 1 is 0.909 bits per heavy atom. The monoisotopic (exact) mass is 442 g/mol. The van der Waals surface area contributed by atoms with Gasteiger partial charge in [-0.25, -0.2) is 0 Å². The van der Waals surface area contributed by atoms with Gasteiger partial charge in [-0.1, -0.05) is 54.6 Å². The van der Waals surface area contributed by atoms with Crippen LogP contribution in [-0.2, 0) is 9.53 Å². The number of para-hydroxylation sites is 1. The van der Waals surface area contributed by atoms with Crippen molar-refractivity contribution in [3.8, 4) is 5.75 Å². The largest absolute Gasteiger partial charge is 0.497 e. The van der Waals surface area contributed by atoms with Gasteiger partial charge in [-0.3, -0.25) is 9.59 Å². The summed E-state index contributed by atoms with van der Waals surface area (Å²) in [4.78, 5) is 28.3. The molecule has 0 unspecified atom stereocenters. The van der Waals surface area contributed by atoms with E-state index in [1.807, 2.05) is 60.7 Å². The first kappa shape index (κ1) is 22.3. The molecule has 0 aliphatic carbocycles. The van der Waals surface area contributed by atoms with E-state index in [1.54, 1.807) is 36.3 Å². The van der Waals surface area contributed by atoms with Crippen LogP contribution in [0.15, 0.2) is 78.9 Å². The predicted molar refractivity (Wildman–Crippen MR) is 129 cm³/mol. The lowest BCUT2D eigenvalue weighted by Gasteiger charge is -2.27. The second-order valence-corrected chi connectivity index (χ2v) is 7.60. The number of carbonyl (C=O) groups is 2. The number of amides is 2. The van der Waals surface area contributed by atoms with Gasteiger partial charge in [-0.05, 0) is 41.5 Å². The third-order valence-corrected chi connectivity index (χ3v) is 5.46. The highest BCUT2D eigenvalue weighted by Gasteiger charge is 2.22. The smallest absolute Gasteiger partial charge is 0.256 e. The maximum Gasteiger partial charge on any atom is 0.256 e. The van der Waals surface area contributed by atoms with E-state index in [4.69, 9.17) is 9.47 Å². The third kappa shape index (κ3) is 5.48. The molecule has 1 saturated heterocycles. The molecule has 4 rings (SSSR count). The van der Waals surface area contributed by atoms with E-state index in [0.29, 0.717) is 43.1 Å². The Morgan fingerprint density at radius 3 is 2.27 bits per heavy atom. The van der Waals surface area contributed by atoms with Crippen LogP contribution in [0.4, 0.5) is 5.69 Å². The van der Waals surface area contributed by atoms with Crippen LogP contribution in [0.1, 0.15) is 21.5 Å². The fourth-order valence-corrected chi connectivity index (χ4v) is 3.67. The van der Waals surface area contributed by atoms with Crippen molar-refractivity contribution in [3.63, 3.8) is 0 Å². The molecule has 6 nitrogen and oxygen atoms in total. The normalized spacial score (nSPS) is 14.0. The molecular weight excluding hydrogens is 416 g/mol. The lowest BCUT2D eigenvalue weighted by Crippen LogP contribution is -2.41. The number of anilines is 1. The third-order valence-electron chi connectivity index (χ3n) is 5.46. The number of nitrogens with zero attached hydrogens (tertiary/aromatic N) is 1. The quantitative estimate of drug-likeness (QED) is 0.455. The Morgan fingerprint density at radius 2 is 1.58 bits per heavy atom. The van der Waals surface area contributed by atoms with Gasteiger partial charge >= 0.3 is 0 Å². The topological polar surface area (TPSA) is 67.9 Å². The fourth-order valence-electron chi connectivity index (χ4n) is 3.67. The van der Waals surface area contributed by atoms with Crippen LogP contribution in [0.25, 0.3) is 11.6 Å². The minimum Gasteiger partial charge on any atom is -0.497 e. The molecule has 3 aromatic carbocycles. The molecule has 6 heteroatoms. The van der Waals surface area contributed by atoms with Crippen molar-refractivity contribution in [1.29, 1.82) is 0 Å². The maximum absolute atomic E-state index is 13.4. The van der Waals surface area contributed by atoms with Gasteiger partial charge in [-0.15, -0.1) is 0 Å². The summed E-state index contributed by atoms with van der Waals surface area (Å²) in [5, 5.41) is 2.96. The molecule has 0 bridgehead atoms. The maximum atomic E-state index is 13.4. The van der Waals surface area contributed by atoms with Crippen LogP contribution < -0.4 is 10.1 Å². The van der Waals surface area contributed by atoms with Gasteiger partial charge in [0.05, 0.1) is 31.6 Å². The average molecular weight is 443 g/mol. The molecule has 0 spiro atoms. The summed E-state index contributed by atoms with van der Waals surface area (Å²) in [6.45, 7) is 2.10. The van der Waals surface area contributed by atoms with Gasteiger partial charge < -0.3 is 19.7 Å². The summed E-state index contributed by atoms with van der Waals surface area (Å²) in [7, 11) is 1.61. The molecule has 1 aliphatic heterocycles. The van der Waals surface area contributed by atoms with E-state index in [-0.39, 0.29) is 11.8 Å². The molecule has 33 heavy (non-hydrogen) atoms. The Labute approximate surface area is 193 Å². The number of morpholine rings is 1. The van der Waals surface area contributed by atoms with E-state index in [2.05, 4.69) is 5.32 Å². The van der Waals surface area contributed by atoms with Crippen LogP contribution >= 0.6 is 0 Å². The zero-order chi connectivity index (χ0) is 23.0. The molecule has 1 fully saturated rings. The number of benzene rings is 3. The Kier molecular flexibility index (Phi) is 7.17. The summed E-state index contributed by atoms with van der Waals surface area (Å²) in [5.41, 5.74) is 3.08. The van der Waals surface area contributed by atoms with Crippen molar-refractivity contribution in [2.45, 2.75) is 0 Å². The molecule has 3 aromatic rings. The van der Waals surface area contributed by atoms with Crippen molar-refractivity contribution >= 4 is 29.2 Å². The number of hydrogen-bond acceptors (Lipinski definition) is 4. The lowest BCUT2D eigenvalue weighted by molar-refractivity contribution is -0.111. The minimum absolute atomic E-state index is 0.116. The highest BCUT2D eigenvalue weighted by molar-refractivity contribution is 6.29. The van der Waals surface area contributed by atoms with Crippen LogP contribution in [0.2, 0.25) is 0 Å². The standard InChI is InChI=1S/C27H26N2O4/c1-32-22-13-11-20(12-14-22)19-24(21-7-3-2-4-8-21)26(30)28-25-10-6-5-9-23(25)27(31)29-15-17-33-18-16-29/h2-14,19H,15-18H2,1H3,(H,28,30)/b24-19+. The SMILES string of the molecule is COc1ccc(/C=C(/C(=O)Nc2ccccc2C(=O)N2CCOCC2)c2ccccc2)cc1. The molecular formula is C27H26N2O4. The zero-order valence-corrected chi connectivity index (χ0v) is 18.5. The first-order valence-electron chi connectivity index (χ1n) is 10.8. The van der Waals surface area contributed by atoms with Crippen molar-refractivity contribution in [2.75, 3.05) is 38.7 Å². The Bertz CT molecular complexity index is 1130. The van der Waals surface area contributed by atoms with Crippen LogP contribution in [0, 0.1) is 0 Å². The summed E-state index contributed by atoms with van der Waals surface area (Å²) < 4.78 is 10.6. The van der Waals surface area contributed by atoms with E-state index >= 15 is 0 Å². The van der Waals surface area contributed by atoms with Crippen molar-refractivity contribution < 1.29 is 19.1 Å². The Balaban J connectivity index is 1.64. The molecule has 1 heterocycles. The number of hydrogen-bond donors (Lipinski definition) is 1. The summed E-state index contributed by atoms with van der Waals surface area (Å²) >= 11 is 0. The molecule has 168 valence electrons. The Hall–Kier alpha value is -3.90. The molecule has 0 radical (unpaired) electrons. The highest BCUT2D eigenvalue weighted by Crippen LogP contribution is 2.24. The summed E-state index contributed by atoms with van der Waals surface area (Å²) in [6, 6.07) is 24.0. The van der Waals surface area contributed by atoms with Gasteiger partial charge in [0, 0.05) is 18.7 Å². The minimum atomic E-state index is -0.292. The zero-order valence-electron chi connectivity index (χ0n) is 18.5. The number of methoxy groups -OCH3 is 1. The van der Waals surface area contributed by atoms with Crippen molar-refractivity contribution in [1.82, 2.24) is 4.90 Å². The number of nitrogens with one attached hydrogen (secondary N) is 1. The molecule has 0 aromatic heterocycles. The summed E-state index contributed by atoms with van der Waals surface area (Å²) in [6.07, 6.45) is 1.83. The molecule has 1 N–H and O–H groups in total. The fraction of sp³-hybridized carbons (Fsp3) is 0.185. The van der Waals surface area contributed by atoms with Crippen LogP contribution in [-0.4, -0.2) is 50.1 Å². The molecule has 2 amide bonds. The molecule has 0 atom stereocenters. The number of rotatable bonds is 6. The van der Waals surface area contributed by atoms with Crippen molar-refractivity contribution in [2.24, 2.45) is 0 Å².